The number of aromatic amines is 1. The second-order valence-corrected chi connectivity index (χ2v) is 4.62. The third kappa shape index (κ3) is 2.18. The van der Waals surface area contributed by atoms with Gasteiger partial charge in [0, 0.05) is 14.1 Å². The first-order valence-electron chi connectivity index (χ1n) is 6.32. The molecular weight excluding hydrogens is 256 g/mol. The number of aromatic nitrogens is 4. The maximum absolute atomic E-state index is 5.60. The molecule has 3 aromatic heterocycles. The fourth-order valence-corrected chi connectivity index (χ4v) is 2.10. The van der Waals surface area contributed by atoms with Crippen molar-refractivity contribution in [3.8, 4) is 0 Å². The minimum absolute atomic E-state index is 0.555. The summed E-state index contributed by atoms with van der Waals surface area (Å²) >= 11 is 0. The first-order chi connectivity index (χ1) is 9.67. The van der Waals surface area contributed by atoms with E-state index >= 15 is 0 Å². The molecule has 0 radical (unpaired) electrons. The van der Waals surface area contributed by atoms with Crippen molar-refractivity contribution < 1.29 is 4.42 Å². The molecule has 0 spiro atoms. The van der Waals surface area contributed by atoms with E-state index in [4.69, 9.17) is 4.42 Å². The lowest BCUT2D eigenvalue weighted by Gasteiger charge is -2.18. The molecule has 2 N–H and O–H groups in total. The molecule has 0 saturated heterocycles. The highest BCUT2D eigenvalue weighted by Gasteiger charge is 2.14. The molecule has 0 aromatic carbocycles. The van der Waals surface area contributed by atoms with Crippen LogP contribution in [0, 0.1) is 6.92 Å². The van der Waals surface area contributed by atoms with E-state index in [1.165, 1.54) is 0 Å². The molecule has 0 atom stereocenters. The molecule has 3 rings (SSSR count). The van der Waals surface area contributed by atoms with Gasteiger partial charge in [-0.15, -0.1) is 0 Å². The zero-order valence-electron chi connectivity index (χ0n) is 11.6. The standard InChI is InChI=1S/C13H16N6O/c1-8-4-5-9(20-8)7-19(3)12-10-6-15-18-11(10)16-13(14-2)17-12/h4-6H,7H2,1-3H3,(H2,14,15,16,17,18). The number of aryl methyl sites for hydroxylation is 1. The van der Waals surface area contributed by atoms with E-state index < -0.39 is 0 Å². The monoisotopic (exact) mass is 272 g/mol. The van der Waals surface area contributed by atoms with Crippen molar-refractivity contribution in [1.82, 2.24) is 20.2 Å². The highest BCUT2D eigenvalue weighted by Crippen LogP contribution is 2.24. The molecule has 104 valence electrons. The van der Waals surface area contributed by atoms with Crippen LogP contribution in [0.4, 0.5) is 11.8 Å². The number of fused-ring (bicyclic) bond motifs is 1. The third-order valence-electron chi connectivity index (χ3n) is 3.06. The Hall–Kier alpha value is -2.57. The number of nitrogens with zero attached hydrogens (tertiary/aromatic N) is 4. The predicted molar refractivity (Wildman–Crippen MR) is 76.8 cm³/mol. The van der Waals surface area contributed by atoms with Crippen molar-refractivity contribution in [2.75, 3.05) is 24.3 Å². The van der Waals surface area contributed by atoms with Crippen molar-refractivity contribution in [3.05, 3.63) is 29.9 Å². The quantitative estimate of drug-likeness (QED) is 0.755. The second-order valence-electron chi connectivity index (χ2n) is 4.62. The number of hydrogen-bond donors (Lipinski definition) is 2. The molecule has 0 amide bonds. The average molecular weight is 272 g/mol. The Balaban J connectivity index is 1.97. The zero-order chi connectivity index (χ0) is 14.1. The van der Waals surface area contributed by atoms with Crippen LogP contribution in [0.15, 0.2) is 22.7 Å². The Labute approximate surface area is 116 Å². The molecule has 0 saturated carbocycles. The fourth-order valence-electron chi connectivity index (χ4n) is 2.10. The zero-order valence-corrected chi connectivity index (χ0v) is 11.6. The van der Waals surface area contributed by atoms with E-state index in [0.717, 1.165) is 22.7 Å². The summed E-state index contributed by atoms with van der Waals surface area (Å²) in [5.41, 5.74) is 0.710. The van der Waals surface area contributed by atoms with E-state index in [1.54, 1.807) is 13.2 Å². The molecule has 0 aliphatic carbocycles. The molecule has 3 aromatic rings. The van der Waals surface area contributed by atoms with Crippen LogP contribution in [0.1, 0.15) is 11.5 Å². The van der Waals surface area contributed by atoms with Crippen LogP contribution in [0.25, 0.3) is 11.0 Å². The Morgan fingerprint density at radius 3 is 2.90 bits per heavy atom. The molecule has 0 fully saturated rings. The van der Waals surface area contributed by atoms with Crippen molar-refractivity contribution in [2.24, 2.45) is 0 Å². The Morgan fingerprint density at radius 1 is 1.35 bits per heavy atom. The number of hydrogen-bond acceptors (Lipinski definition) is 6. The Bertz CT molecular complexity index is 731. The van der Waals surface area contributed by atoms with Crippen molar-refractivity contribution in [3.63, 3.8) is 0 Å². The van der Waals surface area contributed by atoms with Crippen LogP contribution in [0.2, 0.25) is 0 Å². The van der Waals surface area contributed by atoms with Crippen LogP contribution in [0.3, 0.4) is 0 Å². The van der Waals surface area contributed by atoms with E-state index in [-0.39, 0.29) is 0 Å². The average Bonchev–Trinajstić information content (AvgIpc) is 3.06. The fraction of sp³-hybridized carbons (Fsp3) is 0.308. The summed E-state index contributed by atoms with van der Waals surface area (Å²) < 4.78 is 5.60. The lowest BCUT2D eigenvalue weighted by atomic mass is 10.3. The minimum atomic E-state index is 0.555. The molecular formula is C13H16N6O. The Morgan fingerprint density at radius 2 is 2.20 bits per heavy atom. The van der Waals surface area contributed by atoms with E-state index in [1.807, 2.05) is 31.0 Å². The SMILES string of the molecule is CNc1nc(N(C)Cc2ccc(C)o2)c2cn[nH]c2n1. The van der Waals surface area contributed by atoms with Gasteiger partial charge in [0.25, 0.3) is 0 Å². The number of H-pyrrole nitrogens is 1. The maximum Gasteiger partial charge on any atom is 0.226 e. The van der Waals surface area contributed by atoms with Crippen LogP contribution >= 0.6 is 0 Å². The minimum Gasteiger partial charge on any atom is -0.464 e. The summed E-state index contributed by atoms with van der Waals surface area (Å²) in [4.78, 5) is 10.8. The summed E-state index contributed by atoms with van der Waals surface area (Å²) in [7, 11) is 3.75. The van der Waals surface area contributed by atoms with Crippen molar-refractivity contribution >= 4 is 22.8 Å². The van der Waals surface area contributed by atoms with Crippen LogP contribution < -0.4 is 10.2 Å². The predicted octanol–water partition coefficient (Wildman–Crippen LogP) is 1.93. The molecule has 7 heteroatoms. The van der Waals surface area contributed by atoms with Gasteiger partial charge in [0.15, 0.2) is 5.65 Å². The van der Waals surface area contributed by atoms with Gasteiger partial charge in [0.05, 0.1) is 18.1 Å². The molecule has 0 unspecified atom stereocenters. The van der Waals surface area contributed by atoms with Gasteiger partial charge in [0.1, 0.15) is 17.3 Å². The second kappa shape index (κ2) is 4.84. The van der Waals surface area contributed by atoms with Gasteiger partial charge in [-0.3, -0.25) is 5.10 Å². The summed E-state index contributed by atoms with van der Waals surface area (Å²) in [6, 6.07) is 3.92. The van der Waals surface area contributed by atoms with Crippen LogP contribution in [-0.4, -0.2) is 34.3 Å². The molecule has 0 aliphatic heterocycles. The van der Waals surface area contributed by atoms with Gasteiger partial charge in [-0.25, -0.2) is 0 Å². The number of furan rings is 1. The van der Waals surface area contributed by atoms with E-state index in [2.05, 4.69) is 25.5 Å². The molecule has 0 aliphatic rings. The van der Waals surface area contributed by atoms with Gasteiger partial charge in [-0.2, -0.15) is 15.1 Å². The summed E-state index contributed by atoms with van der Waals surface area (Å²) in [5.74, 6) is 3.16. The Kier molecular flexibility index (Phi) is 3.02. The van der Waals surface area contributed by atoms with Gasteiger partial charge in [0.2, 0.25) is 5.95 Å². The first kappa shape index (κ1) is 12.5. The molecule has 7 nitrogen and oxygen atoms in total. The first-order valence-corrected chi connectivity index (χ1v) is 6.32. The van der Waals surface area contributed by atoms with Crippen LogP contribution in [-0.2, 0) is 6.54 Å². The number of nitrogens with one attached hydrogen (secondary N) is 2. The largest absolute Gasteiger partial charge is 0.464 e. The molecule has 3 heterocycles. The third-order valence-corrected chi connectivity index (χ3v) is 3.06. The van der Waals surface area contributed by atoms with Crippen molar-refractivity contribution in [1.29, 1.82) is 0 Å². The number of anilines is 2. The highest BCUT2D eigenvalue weighted by molar-refractivity contribution is 5.87. The van der Waals surface area contributed by atoms with Gasteiger partial charge < -0.3 is 14.6 Å². The highest BCUT2D eigenvalue weighted by atomic mass is 16.3. The molecule has 20 heavy (non-hydrogen) atoms. The van der Waals surface area contributed by atoms with E-state index in [9.17, 15) is 0 Å². The smallest absolute Gasteiger partial charge is 0.226 e. The van der Waals surface area contributed by atoms with Gasteiger partial charge >= 0.3 is 0 Å². The molecule has 0 bridgehead atoms. The van der Waals surface area contributed by atoms with Gasteiger partial charge in [-0.05, 0) is 19.1 Å². The number of rotatable bonds is 4. The summed E-state index contributed by atoms with van der Waals surface area (Å²) in [6.07, 6.45) is 1.73. The van der Waals surface area contributed by atoms with Crippen molar-refractivity contribution in [2.45, 2.75) is 13.5 Å². The lowest BCUT2D eigenvalue weighted by molar-refractivity contribution is 0.481. The topological polar surface area (TPSA) is 82.9 Å². The lowest BCUT2D eigenvalue weighted by Crippen LogP contribution is -2.18. The maximum atomic E-state index is 5.60. The van der Waals surface area contributed by atoms with Crippen LogP contribution in [0.5, 0.6) is 0 Å². The van der Waals surface area contributed by atoms with Gasteiger partial charge in [-0.1, -0.05) is 0 Å². The van der Waals surface area contributed by atoms with E-state index in [0.29, 0.717) is 18.1 Å². The normalized spacial score (nSPS) is 10.9. The summed E-state index contributed by atoms with van der Waals surface area (Å²) in [5, 5.41) is 10.7. The summed E-state index contributed by atoms with van der Waals surface area (Å²) in [6.45, 7) is 2.57.